The maximum absolute atomic E-state index is 5.34. The molecule has 84 valence electrons. The van der Waals surface area contributed by atoms with Crippen LogP contribution in [0.15, 0.2) is 0 Å². The molecule has 13 heavy (non-hydrogen) atoms. The van der Waals surface area contributed by atoms with Crippen molar-refractivity contribution in [1.29, 1.82) is 0 Å². The first kappa shape index (κ1) is 18.9. The molecular weight excluding hydrogens is 184 g/mol. The molecule has 0 atom stereocenters. The van der Waals surface area contributed by atoms with Gasteiger partial charge in [-0.1, -0.05) is 39.0 Å². The first-order valence-electron chi connectivity index (χ1n) is 5.12. The van der Waals surface area contributed by atoms with Crippen LogP contribution in [0.1, 0.15) is 45.4 Å². The average Bonchev–Trinajstić information content (AvgIpc) is 2.06. The lowest BCUT2D eigenvalue weighted by Crippen LogP contribution is -1.97. The number of hydrogen-bond acceptors (Lipinski definition) is 2. The van der Waals surface area contributed by atoms with Crippen LogP contribution in [0.2, 0.25) is 0 Å². The lowest BCUT2D eigenvalue weighted by Gasteiger charge is -1.96. The molecular formula is C10H27ClN2. The second kappa shape index (κ2) is 22.8. The lowest BCUT2D eigenvalue weighted by molar-refractivity contribution is 0.612. The molecule has 0 saturated carbocycles. The molecule has 0 spiro atoms. The van der Waals surface area contributed by atoms with Crippen LogP contribution in [0, 0.1) is 0 Å². The van der Waals surface area contributed by atoms with E-state index in [4.69, 9.17) is 5.73 Å². The number of unbranched alkanes of at least 4 members (excludes halogenated alkanes) is 5. The van der Waals surface area contributed by atoms with Gasteiger partial charge in [0.05, 0.1) is 0 Å². The molecule has 0 aromatic carbocycles. The van der Waals surface area contributed by atoms with Crippen molar-refractivity contribution in [2.24, 2.45) is 5.73 Å². The summed E-state index contributed by atoms with van der Waals surface area (Å²) in [5, 5.41) is 2.75. The van der Waals surface area contributed by atoms with Gasteiger partial charge >= 0.3 is 0 Å². The summed E-state index contributed by atoms with van der Waals surface area (Å²) in [5.74, 6) is 0. The Hall–Kier alpha value is 0.210. The molecule has 0 unspecified atom stereocenters. The fraction of sp³-hybridized carbons (Fsp3) is 1.00. The van der Waals surface area contributed by atoms with Crippen LogP contribution in [0.3, 0.4) is 0 Å². The molecule has 0 aromatic heterocycles. The zero-order valence-electron chi connectivity index (χ0n) is 9.44. The molecule has 3 N–H and O–H groups in total. The zero-order valence-corrected chi connectivity index (χ0v) is 10.3. The molecule has 2 nitrogen and oxygen atoms in total. The molecule has 0 aromatic rings. The van der Waals surface area contributed by atoms with E-state index in [-0.39, 0.29) is 12.4 Å². The second-order valence-electron chi connectivity index (χ2n) is 3.06. The van der Waals surface area contributed by atoms with Crippen LogP contribution in [0.25, 0.3) is 0 Å². The van der Waals surface area contributed by atoms with Gasteiger partial charge in [0, 0.05) is 0 Å². The summed E-state index contributed by atoms with van der Waals surface area (Å²) in [7, 11) is 3.75. The predicted molar refractivity (Wildman–Crippen MR) is 64.7 cm³/mol. The Labute approximate surface area is 90.1 Å². The maximum Gasteiger partial charge on any atom is -0.00773 e. The van der Waals surface area contributed by atoms with Gasteiger partial charge in [0.15, 0.2) is 0 Å². The number of rotatable bonds is 6. The molecule has 0 radical (unpaired) electrons. The Morgan fingerprint density at radius 1 is 0.923 bits per heavy atom. The molecule has 0 bridgehead atoms. The van der Waals surface area contributed by atoms with Gasteiger partial charge in [0.2, 0.25) is 0 Å². The highest BCUT2D eigenvalue weighted by Gasteiger charge is 1.85. The summed E-state index contributed by atoms with van der Waals surface area (Å²) < 4.78 is 0. The summed E-state index contributed by atoms with van der Waals surface area (Å²) in [4.78, 5) is 0. The smallest absolute Gasteiger partial charge is 0.00773 e. The molecule has 0 heterocycles. The number of hydrogen-bond donors (Lipinski definition) is 2. The van der Waals surface area contributed by atoms with Gasteiger partial charge in [0.1, 0.15) is 0 Å². The van der Waals surface area contributed by atoms with Gasteiger partial charge in [-0.05, 0) is 27.1 Å². The van der Waals surface area contributed by atoms with Crippen LogP contribution < -0.4 is 11.1 Å². The van der Waals surface area contributed by atoms with Crippen molar-refractivity contribution in [3.8, 4) is 0 Å². The summed E-state index contributed by atoms with van der Waals surface area (Å²) in [6, 6.07) is 0. The van der Waals surface area contributed by atoms with Crippen LogP contribution >= 0.6 is 12.4 Å². The summed E-state index contributed by atoms with van der Waals surface area (Å²) in [6.45, 7) is 3.11. The van der Waals surface area contributed by atoms with E-state index in [2.05, 4.69) is 12.2 Å². The van der Waals surface area contributed by atoms with Gasteiger partial charge in [-0.2, -0.15) is 0 Å². The minimum absolute atomic E-state index is 0. The topological polar surface area (TPSA) is 38.0 Å². The molecule has 3 heteroatoms. The van der Waals surface area contributed by atoms with Crippen LogP contribution in [0.5, 0.6) is 0 Å². The summed E-state index contributed by atoms with van der Waals surface area (Å²) in [5.41, 5.74) is 5.34. The SMILES string of the molecule is CCCCCCCCN.CNC.Cl. The van der Waals surface area contributed by atoms with E-state index in [0.29, 0.717) is 0 Å². The van der Waals surface area contributed by atoms with Crippen LogP contribution in [-0.4, -0.2) is 20.6 Å². The normalized spacial score (nSPS) is 8.31. The molecule has 0 fully saturated rings. The minimum Gasteiger partial charge on any atom is -0.330 e. The van der Waals surface area contributed by atoms with E-state index in [1.54, 1.807) is 0 Å². The van der Waals surface area contributed by atoms with E-state index < -0.39 is 0 Å². The highest BCUT2D eigenvalue weighted by molar-refractivity contribution is 5.85. The fourth-order valence-corrected chi connectivity index (χ4v) is 0.925. The maximum atomic E-state index is 5.34. The van der Waals surface area contributed by atoms with Gasteiger partial charge in [-0.25, -0.2) is 0 Å². The Morgan fingerprint density at radius 2 is 1.31 bits per heavy atom. The number of nitrogens with two attached hydrogens (primary N) is 1. The third kappa shape index (κ3) is 33.0. The highest BCUT2D eigenvalue weighted by Crippen LogP contribution is 2.03. The van der Waals surface area contributed by atoms with E-state index in [0.717, 1.165) is 6.54 Å². The molecule has 0 rings (SSSR count). The Bertz CT molecular complexity index is 54.9. The zero-order chi connectivity index (χ0) is 9.66. The van der Waals surface area contributed by atoms with Crippen LogP contribution in [-0.2, 0) is 0 Å². The van der Waals surface area contributed by atoms with E-state index in [1.165, 1.54) is 38.5 Å². The predicted octanol–water partition coefficient (Wildman–Crippen LogP) is 2.56. The van der Waals surface area contributed by atoms with Crippen molar-refractivity contribution in [2.45, 2.75) is 45.4 Å². The van der Waals surface area contributed by atoms with E-state index in [9.17, 15) is 0 Å². The van der Waals surface area contributed by atoms with Gasteiger partial charge in [-0.15, -0.1) is 12.4 Å². The summed E-state index contributed by atoms with van der Waals surface area (Å²) >= 11 is 0. The fourth-order valence-electron chi connectivity index (χ4n) is 0.925. The van der Waals surface area contributed by atoms with Crippen molar-refractivity contribution in [1.82, 2.24) is 5.32 Å². The number of nitrogens with one attached hydrogen (secondary N) is 1. The third-order valence-electron chi connectivity index (χ3n) is 1.56. The van der Waals surface area contributed by atoms with Gasteiger partial charge in [0.25, 0.3) is 0 Å². The van der Waals surface area contributed by atoms with Crippen LogP contribution in [0.4, 0.5) is 0 Å². The highest BCUT2D eigenvalue weighted by atomic mass is 35.5. The first-order valence-corrected chi connectivity index (χ1v) is 5.12. The van der Waals surface area contributed by atoms with E-state index in [1.807, 2.05) is 14.1 Å². The monoisotopic (exact) mass is 210 g/mol. The lowest BCUT2D eigenvalue weighted by atomic mass is 10.1. The Kier molecular flexibility index (Phi) is 33.1. The first-order chi connectivity index (χ1) is 5.83. The Morgan fingerprint density at radius 3 is 1.69 bits per heavy atom. The minimum atomic E-state index is 0. The molecule has 0 amide bonds. The Balaban J connectivity index is -0.000000220. The van der Waals surface area contributed by atoms with Crippen molar-refractivity contribution in [3.63, 3.8) is 0 Å². The summed E-state index contributed by atoms with van der Waals surface area (Å²) in [6.07, 6.45) is 8.05. The van der Waals surface area contributed by atoms with Crippen molar-refractivity contribution in [2.75, 3.05) is 20.6 Å². The number of halogens is 1. The molecule has 0 aliphatic carbocycles. The van der Waals surface area contributed by atoms with Crippen molar-refractivity contribution >= 4 is 12.4 Å². The van der Waals surface area contributed by atoms with Crippen molar-refractivity contribution in [3.05, 3.63) is 0 Å². The largest absolute Gasteiger partial charge is 0.330 e. The van der Waals surface area contributed by atoms with E-state index >= 15 is 0 Å². The standard InChI is InChI=1S/C8H19N.C2H7N.ClH/c1-2-3-4-5-6-7-8-9;1-3-2;/h2-9H2,1H3;3H,1-2H3;1H. The molecule has 0 saturated heterocycles. The third-order valence-corrected chi connectivity index (χ3v) is 1.56. The second-order valence-corrected chi connectivity index (χ2v) is 3.06. The van der Waals surface area contributed by atoms with Gasteiger partial charge in [-0.3, -0.25) is 0 Å². The van der Waals surface area contributed by atoms with Gasteiger partial charge < -0.3 is 11.1 Å². The average molecular weight is 211 g/mol. The molecule has 0 aliphatic heterocycles. The van der Waals surface area contributed by atoms with Crippen molar-refractivity contribution < 1.29 is 0 Å². The molecule has 0 aliphatic rings. The quantitative estimate of drug-likeness (QED) is 0.662.